The third-order valence-electron chi connectivity index (χ3n) is 3.97. The summed E-state index contributed by atoms with van der Waals surface area (Å²) in [6, 6.07) is 0. The summed E-state index contributed by atoms with van der Waals surface area (Å²) in [5.74, 6) is -0.782. The van der Waals surface area contributed by atoms with Crippen molar-refractivity contribution in [2.75, 3.05) is 0 Å². The van der Waals surface area contributed by atoms with E-state index in [9.17, 15) is 20.0 Å². The van der Waals surface area contributed by atoms with Gasteiger partial charge in [-0.05, 0) is 20.3 Å². The van der Waals surface area contributed by atoms with Gasteiger partial charge in [0.15, 0.2) is 0 Å². The highest BCUT2D eigenvalue weighted by atomic mass is 16.6. The van der Waals surface area contributed by atoms with Crippen molar-refractivity contribution < 1.29 is 14.8 Å². The van der Waals surface area contributed by atoms with Gasteiger partial charge >= 0.3 is 0 Å². The normalized spacial score (nSPS) is 39.4. The lowest BCUT2D eigenvalue weighted by atomic mass is 9.66. The maximum absolute atomic E-state index is 11.5. The van der Waals surface area contributed by atoms with Gasteiger partial charge in [0.2, 0.25) is 5.54 Å². The Bertz CT molecular complexity index is 313. The second-order valence-electron chi connectivity index (χ2n) is 5.06. The molecule has 0 saturated heterocycles. The first kappa shape index (κ1) is 13.1. The largest absolute Gasteiger partial charge is 0.389 e. The van der Waals surface area contributed by atoms with Gasteiger partial charge in [0.05, 0.1) is 11.5 Å². The van der Waals surface area contributed by atoms with Crippen LogP contribution >= 0.6 is 0 Å². The van der Waals surface area contributed by atoms with Crippen LogP contribution in [0.2, 0.25) is 0 Å². The van der Waals surface area contributed by atoms with Crippen LogP contribution in [0.1, 0.15) is 46.5 Å². The molecule has 0 aromatic rings. The highest BCUT2D eigenvalue weighted by molar-refractivity contribution is 5.79. The van der Waals surface area contributed by atoms with Gasteiger partial charge in [-0.15, -0.1) is 0 Å². The Balaban J connectivity index is 3.00. The Hall–Kier alpha value is -0.970. The monoisotopic (exact) mass is 229 g/mol. The zero-order valence-electron chi connectivity index (χ0n) is 10.0. The summed E-state index contributed by atoms with van der Waals surface area (Å²) < 4.78 is 0. The molecule has 1 saturated carbocycles. The number of hydrogen-bond donors (Lipinski definition) is 1. The van der Waals surface area contributed by atoms with E-state index in [0.29, 0.717) is 19.3 Å². The second-order valence-corrected chi connectivity index (χ2v) is 5.06. The van der Waals surface area contributed by atoms with Crippen molar-refractivity contribution in [1.82, 2.24) is 0 Å². The number of carbonyl (C=O) groups excluding carboxylic acids is 1. The molecule has 1 aliphatic carbocycles. The minimum Gasteiger partial charge on any atom is -0.389 e. The topological polar surface area (TPSA) is 80.4 Å². The molecular formula is C11H19NO4. The molecule has 92 valence electrons. The number of aliphatic hydroxyl groups is 1. The van der Waals surface area contributed by atoms with Gasteiger partial charge in [-0.3, -0.25) is 14.9 Å². The summed E-state index contributed by atoms with van der Waals surface area (Å²) in [4.78, 5) is 22.3. The van der Waals surface area contributed by atoms with Crippen molar-refractivity contribution >= 4 is 5.78 Å². The molecule has 16 heavy (non-hydrogen) atoms. The van der Waals surface area contributed by atoms with Crippen LogP contribution in [0.25, 0.3) is 0 Å². The molecule has 0 bridgehead atoms. The first-order valence-corrected chi connectivity index (χ1v) is 5.62. The number of nitrogens with zero attached hydrogens (tertiary/aromatic N) is 1. The first-order chi connectivity index (χ1) is 7.25. The number of rotatable bonds is 3. The maximum Gasteiger partial charge on any atom is 0.222 e. The predicted octanol–water partition coefficient (Wildman–Crippen LogP) is 1.55. The summed E-state index contributed by atoms with van der Waals surface area (Å²) in [5, 5.41) is 21.2. The molecule has 0 heterocycles. The molecule has 0 aliphatic heterocycles. The smallest absolute Gasteiger partial charge is 0.222 e. The minimum atomic E-state index is -1.10. The zero-order valence-corrected chi connectivity index (χ0v) is 10.0. The lowest BCUT2D eigenvalue weighted by Crippen LogP contribution is -2.53. The van der Waals surface area contributed by atoms with Crippen LogP contribution in [0.4, 0.5) is 0 Å². The van der Waals surface area contributed by atoms with Gasteiger partial charge < -0.3 is 5.11 Å². The van der Waals surface area contributed by atoms with Gasteiger partial charge in [-0.1, -0.05) is 6.92 Å². The first-order valence-electron chi connectivity index (χ1n) is 5.62. The molecule has 1 aliphatic rings. The number of carbonyl (C=O) groups is 1. The van der Waals surface area contributed by atoms with E-state index in [-0.39, 0.29) is 17.1 Å². The van der Waals surface area contributed by atoms with Crippen LogP contribution in [0.3, 0.4) is 0 Å². The Morgan fingerprint density at radius 2 is 2.12 bits per heavy atom. The predicted molar refractivity (Wildman–Crippen MR) is 58.7 cm³/mol. The fourth-order valence-corrected chi connectivity index (χ4v) is 2.56. The molecule has 0 aromatic carbocycles. The highest BCUT2D eigenvalue weighted by Crippen LogP contribution is 2.42. The second kappa shape index (κ2) is 4.13. The van der Waals surface area contributed by atoms with E-state index >= 15 is 0 Å². The summed E-state index contributed by atoms with van der Waals surface area (Å²) in [7, 11) is 0. The lowest BCUT2D eigenvalue weighted by molar-refractivity contribution is -0.578. The molecule has 3 atom stereocenters. The molecule has 1 fully saturated rings. The van der Waals surface area contributed by atoms with Gasteiger partial charge in [0.1, 0.15) is 5.78 Å². The highest BCUT2D eigenvalue weighted by Gasteiger charge is 2.53. The molecule has 1 N–H and O–H groups in total. The van der Waals surface area contributed by atoms with Crippen molar-refractivity contribution in [3.05, 3.63) is 10.1 Å². The molecular weight excluding hydrogens is 210 g/mol. The van der Waals surface area contributed by atoms with Crippen molar-refractivity contribution in [3.8, 4) is 0 Å². The fourth-order valence-electron chi connectivity index (χ4n) is 2.56. The summed E-state index contributed by atoms with van der Waals surface area (Å²) in [5.41, 5.74) is -2.13. The number of ketones is 1. The SMILES string of the molecule is CC[C@@]1([N+](=O)[O-])CC[C@](C)(O)[C@H](C(C)=O)C1. The van der Waals surface area contributed by atoms with Gasteiger partial charge in [0.25, 0.3) is 0 Å². The van der Waals surface area contributed by atoms with E-state index in [2.05, 4.69) is 0 Å². The van der Waals surface area contributed by atoms with E-state index in [1.165, 1.54) is 6.92 Å². The van der Waals surface area contributed by atoms with Crippen LogP contribution in [0, 0.1) is 16.0 Å². The van der Waals surface area contributed by atoms with E-state index in [4.69, 9.17) is 0 Å². The molecule has 5 nitrogen and oxygen atoms in total. The molecule has 0 radical (unpaired) electrons. The summed E-state index contributed by atoms with van der Waals surface area (Å²) >= 11 is 0. The fraction of sp³-hybridized carbons (Fsp3) is 0.909. The average molecular weight is 229 g/mol. The van der Waals surface area contributed by atoms with Gasteiger partial charge in [0, 0.05) is 24.2 Å². The minimum absolute atomic E-state index is 0.152. The quantitative estimate of drug-likeness (QED) is 0.588. The van der Waals surface area contributed by atoms with Crippen LogP contribution in [-0.2, 0) is 4.79 Å². The number of hydrogen-bond acceptors (Lipinski definition) is 4. The van der Waals surface area contributed by atoms with Gasteiger partial charge in [-0.2, -0.15) is 0 Å². The summed E-state index contributed by atoms with van der Waals surface area (Å²) in [6.07, 6.45) is 1.21. The van der Waals surface area contributed by atoms with Crippen molar-refractivity contribution in [1.29, 1.82) is 0 Å². The molecule has 0 spiro atoms. The van der Waals surface area contributed by atoms with E-state index in [1.54, 1.807) is 13.8 Å². The van der Waals surface area contributed by atoms with Crippen molar-refractivity contribution in [3.63, 3.8) is 0 Å². The maximum atomic E-state index is 11.5. The van der Waals surface area contributed by atoms with Crippen LogP contribution in [0.15, 0.2) is 0 Å². The van der Waals surface area contributed by atoms with Crippen LogP contribution in [-0.4, -0.2) is 27.0 Å². The number of nitro groups is 1. The van der Waals surface area contributed by atoms with E-state index in [1.807, 2.05) is 0 Å². The molecule has 5 heteroatoms. The molecule has 1 rings (SSSR count). The van der Waals surface area contributed by atoms with Crippen molar-refractivity contribution in [2.45, 2.75) is 57.6 Å². The Morgan fingerprint density at radius 1 is 1.56 bits per heavy atom. The molecule has 0 amide bonds. The third kappa shape index (κ3) is 2.09. The Labute approximate surface area is 95.0 Å². The Kier molecular flexibility index (Phi) is 3.38. The lowest BCUT2D eigenvalue weighted by Gasteiger charge is -2.41. The van der Waals surface area contributed by atoms with E-state index in [0.717, 1.165) is 0 Å². The molecule has 0 unspecified atom stereocenters. The van der Waals surface area contributed by atoms with E-state index < -0.39 is 17.1 Å². The standard InChI is InChI=1S/C11H19NO4/c1-4-11(12(15)16)6-5-10(3,14)9(7-11)8(2)13/h9,14H,4-7H2,1-3H3/t9-,10-,11+/m0/s1. The van der Waals surface area contributed by atoms with Gasteiger partial charge in [-0.25, -0.2) is 0 Å². The van der Waals surface area contributed by atoms with Crippen LogP contribution in [0.5, 0.6) is 0 Å². The molecule has 0 aromatic heterocycles. The Morgan fingerprint density at radius 3 is 2.50 bits per heavy atom. The summed E-state index contributed by atoms with van der Waals surface area (Å²) in [6.45, 7) is 4.75. The third-order valence-corrected chi connectivity index (χ3v) is 3.97. The van der Waals surface area contributed by atoms with Crippen molar-refractivity contribution in [2.24, 2.45) is 5.92 Å². The number of Topliss-reactive ketones (excluding diaryl/α,β-unsaturated/α-hetero) is 1. The van der Waals surface area contributed by atoms with Crippen LogP contribution < -0.4 is 0 Å². The zero-order chi connectivity index (χ0) is 12.6. The average Bonchev–Trinajstić information content (AvgIpc) is 2.17.